The minimum atomic E-state index is 1.15. The van der Waals surface area contributed by atoms with Gasteiger partial charge in [0.15, 0.2) is 0 Å². The molecule has 0 N–H and O–H groups in total. The van der Waals surface area contributed by atoms with E-state index in [0.717, 1.165) is 5.75 Å². The van der Waals surface area contributed by atoms with Gasteiger partial charge in [-0.1, -0.05) is 6.08 Å². The standard InChI is InChI=1S/C9H17NS/c1-11-9-5-8-10-6-3-2-4-7-10/h5,8H,2-4,6-7,9H2,1H3/b8-5+. The van der Waals surface area contributed by atoms with Crippen LogP contribution in [0.1, 0.15) is 19.3 Å². The first-order valence-electron chi connectivity index (χ1n) is 4.33. The van der Waals surface area contributed by atoms with E-state index in [-0.39, 0.29) is 0 Å². The van der Waals surface area contributed by atoms with Crippen LogP contribution in [0, 0.1) is 0 Å². The normalized spacial score (nSPS) is 19.5. The SMILES string of the molecule is CSC/C=C/N1CCCCC1. The number of piperidine rings is 1. The summed E-state index contributed by atoms with van der Waals surface area (Å²) in [6.45, 7) is 2.54. The third kappa shape index (κ3) is 3.71. The third-order valence-corrected chi connectivity index (χ3v) is 2.50. The Kier molecular flexibility index (Phi) is 4.51. The fraction of sp³-hybridized carbons (Fsp3) is 0.778. The zero-order valence-electron chi connectivity index (χ0n) is 7.25. The van der Waals surface area contributed by atoms with Crippen LogP contribution in [-0.4, -0.2) is 30.0 Å². The van der Waals surface area contributed by atoms with Gasteiger partial charge >= 0.3 is 0 Å². The summed E-state index contributed by atoms with van der Waals surface area (Å²) in [5.41, 5.74) is 0. The smallest absolute Gasteiger partial charge is 0.0172 e. The van der Waals surface area contributed by atoms with Crippen LogP contribution in [0.25, 0.3) is 0 Å². The lowest BCUT2D eigenvalue weighted by Crippen LogP contribution is -2.24. The summed E-state index contributed by atoms with van der Waals surface area (Å²) in [5, 5.41) is 0. The second-order valence-corrected chi connectivity index (χ2v) is 3.85. The fourth-order valence-corrected chi connectivity index (χ4v) is 1.63. The summed E-state index contributed by atoms with van der Waals surface area (Å²) >= 11 is 1.88. The van der Waals surface area contributed by atoms with Gasteiger partial charge in [-0.3, -0.25) is 0 Å². The second kappa shape index (κ2) is 5.53. The van der Waals surface area contributed by atoms with Crippen LogP contribution in [0.4, 0.5) is 0 Å². The summed E-state index contributed by atoms with van der Waals surface area (Å²) in [4.78, 5) is 2.43. The first kappa shape index (κ1) is 8.98. The molecule has 0 saturated carbocycles. The van der Waals surface area contributed by atoms with Gasteiger partial charge in [-0.2, -0.15) is 11.8 Å². The molecule has 1 aliphatic heterocycles. The number of thioether (sulfide) groups is 1. The van der Waals surface area contributed by atoms with Gasteiger partial charge in [0.05, 0.1) is 0 Å². The van der Waals surface area contributed by atoms with E-state index in [0.29, 0.717) is 0 Å². The van der Waals surface area contributed by atoms with Crippen LogP contribution in [-0.2, 0) is 0 Å². The predicted octanol–water partition coefficient (Wildman–Crippen LogP) is 2.35. The molecule has 0 spiro atoms. The molecule has 2 heteroatoms. The topological polar surface area (TPSA) is 3.24 Å². The van der Waals surface area contributed by atoms with Crippen LogP contribution < -0.4 is 0 Å². The van der Waals surface area contributed by atoms with Gasteiger partial charge in [-0.15, -0.1) is 0 Å². The minimum Gasteiger partial charge on any atom is -0.378 e. The molecule has 1 saturated heterocycles. The molecule has 0 radical (unpaired) electrons. The van der Waals surface area contributed by atoms with Crippen molar-refractivity contribution in [2.45, 2.75) is 19.3 Å². The van der Waals surface area contributed by atoms with Crippen LogP contribution in [0.2, 0.25) is 0 Å². The van der Waals surface area contributed by atoms with Crippen molar-refractivity contribution in [1.29, 1.82) is 0 Å². The molecule has 0 amide bonds. The van der Waals surface area contributed by atoms with Crippen molar-refractivity contribution in [1.82, 2.24) is 4.90 Å². The van der Waals surface area contributed by atoms with Gasteiger partial charge in [-0.05, 0) is 31.7 Å². The molecule has 0 atom stereocenters. The van der Waals surface area contributed by atoms with Crippen molar-refractivity contribution < 1.29 is 0 Å². The van der Waals surface area contributed by atoms with Crippen LogP contribution in [0.15, 0.2) is 12.3 Å². The van der Waals surface area contributed by atoms with E-state index in [1.165, 1.54) is 32.4 Å². The maximum Gasteiger partial charge on any atom is 0.0172 e. The lowest BCUT2D eigenvalue weighted by Gasteiger charge is -2.24. The summed E-state index contributed by atoms with van der Waals surface area (Å²) in [5.74, 6) is 1.15. The highest BCUT2D eigenvalue weighted by atomic mass is 32.2. The molecule has 1 rings (SSSR count). The molecule has 11 heavy (non-hydrogen) atoms. The Balaban J connectivity index is 2.13. The van der Waals surface area contributed by atoms with Gasteiger partial charge in [0.25, 0.3) is 0 Å². The molecule has 64 valence electrons. The van der Waals surface area contributed by atoms with E-state index in [4.69, 9.17) is 0 Å². The maximum atomic E-state index is 2.43. The fourth-order valence-electron chi connectivity index (χ4n) is 1.36. The Morgan fingerprint density at radius 1 is 1.27 bits per heavy atom. The molecule has 1 nitrogen and oxygen atoms in total. The average molecular weight is 171 g/mol. The third-order valence-electron chi connectivity index (χ3n) is 1.97. The summed E-state index contributed by atoms with van der Waals surface area (Å²) < 4.78 is 0. The lowest BCUT2D eigenvalue weighted by molar-refractivity contribution is 0.309. The van der Waals surface area contributed by atoms with Crippen molar-refractivity contribution >= 4 is 11.8 Å². The minimum absolute atomic E-state index is 1.15. The van der Waals surface area contributed by atoms with E-state index in [9.17, 15) is 0 Å². The monoisotopic (exact) mass is 171 g/mol. The van der Waals surface area contributed by atoms with E-state index >= 15 is 0 Å². The van der Waals surface area contributed by atoms with Crippen molar-refractivity contribution in [2.24, 2.45) is 0 Å². The molecular weight excluding hydrogens is 154 g/mol. The van der Waals surface area contributed by atoms with Gasteiger partial charge in [0.2, 0.25) is 0 Å². The van der Waals surface area contributed by atoms with Crippen molar-refractivity contribution in [3.05, 3.63) is 12.3 Å². The van der Waals surface area contributed by atoms with Crippen LogP contribution in [0.3, 0.4) is 0 Å². The van der Waals surface area contributed by atoms with Crippen molar-refractivity contribution in [3.63, 3.8) is 0 Å². The number of likely N-dealkylation sites (tertiary alicyclic amines) is 1. The molecule has 0 unspecified atom stereocenters. The quantitative estimate of drug-likeness (QED) is 0.641. The Morgan fingerprint density at radius 2 is 2.00 bits per heavy atom. The Morgan fingerprint density at radius 3 is 2.64 bits per heavy atom. The zero-order valence-corrected chi connectivity index (χ0v) is 8.07. The highest BCUT2D eigenvalue weighted by Crippen LogP contribution is 2.08. The van der Waals surface area contributed by atoms with E-state index < -0.39 is 0 Å². The summed E-state index contributed by atoms with van der Waals surface area (Å²) in [7, 11) is 0. The Hall–Kier alpha value is -0.110. The number of nitrogens with zero attached hydrogens (tertiary/aromatic N) is 1. The molecule has 1 fully saturated rings. The first-order chi connectivity index (χ1) is 5.43. The zero-order chi connectivity index (χ0) is 7.94. The summed E-state index contributed by atoms with van der Waals surface area (Å²) in [6, 6.07) is 0. The van der Waals surface area contributed by atoms with Crippen LogP contribution in [0.5, 0.6) is 0 Å². The van der Waals surface area contributed by atoms with Crippen molar-refractivity contribution in [2.75, 3.05) is 25.1 Å². The van der Waals surface area contributed by atoms with E-state index in [1.807, 2.05) is 11.8 Å². The Bertz CT molecular complexity index is 117. The largest absolute Gasteiger partial charge is 0.378 e. The number of rotatable bonds is 3. The molecule has 1 aliphatic rings. The summed E-state index contributed by atoms with van der Waals surface area (Å²) in [6.07, 6.45) is 10.8. The van der Waals surface area contributed by atoms with Gasteiger partial charge in [0, 0.05) is 18.8 Å². The predicted molar refractivity (Wildman–Crippen MR) is 52.9 cm³/mol. The van der Waals surface area contributed by atoms with Gasteiger partial charge in [-0.25, -0.2) is 0 Å². The molecular formula is C9H17NS. The maximum absolute atomic E-state index is 2.43. The molecule has 0 aromatic rings. The van der Waals surface area contributed by atoms with E-state index in [1.54, 1.807) is 0 Å². The highest BCUT2D eigenvalue weighted by Gasteiger charge is 2.03. The van der Waals surface area contributed by atoms with E-state index in [2.05, 4.69) is 23.4 Å². The number of hydrogen-bond donors (Lipinski definition) is 0. The number of hydrogen-bond acceptors (Lipinski definition) is 2. The van der Waals surface area contributed by atoms with Crippen molar-refractivity contribution in [3.8, 4) is 0 Å². The lowest BCUT2D eigenvalue weighted by atomic mass is 10.1. The van der Waals surface area contributed by atoms with Gasteiger partial charge in [0.1, 0.15) is 0 Å². The second-order valence-electron chi connectivity index (χ2n) is 2.94. The first-order valence-corrected chi connectivity index (χ1v) is 5.72. The van der Waals surface area contributed by atoms with Crippen LogP contribution >= 0.6 is 11.8 Å². The molecule has 0 bridgehead atoms. The Labute approximate surface area is 73.8 Å². The van der Waals surface area contributed by atoms with Gasteiger partial charge < -0.3 is 4.90 Å². The molecule has 0 aliphatic carbocycles. The average Bonchev–Trinajstić information content (AvgIpc) is 2.07. The molecule has 0 aromatic heterocycles. The molecule has 1 heterocycles. The highest BCUT2D eigenvalue weighted by molar-refractivity contribution is 7.98. The molecule has 0 aromatic carbocycles.